The molecule has 1 rings (SSSR count). The Morgan fingerprint density at radius 2 is 2.11 bits per heavy atom. The van der Waals surface area contributed by atoms with Crippen LogP contribution in [0.1, 0.15) is 25.8 Å². The van der Waals surface area contributed by atoms with Crippen LogP contribution in [0.5, 0.6) is 0 Å². The largest absolute Gasteiger partial charge is 0.380 e. The second-order valence-corrected chi connectivity index (χ2v) is 5.08. The van der Waals surface area contributed by atoms with Crippen LogP contribution >= 0.6 is 11.6 Å². The van der Waals surface area contributed by atoms with Gasteiger partial charge in [0.2, 0.25) is 0 Å². The lowest BCUT2D eigenvalue weighted by atomic mass is 10.1. The van der Waals surface area contributed by atoms with E-state index in [2.05, 4.69) is 19.2 Å². The molecule has 1 aromatic rings. The Morgan fingerprint density at radius 1 is 1.33 bits per heavy atom. The Balaban J connectivity index is 2.14. The molecular formula is C14H21ClFNO. The Morgan fingerprint density at radius 3 is 2.78 bits per heavy atom. The highest BCUT2D eigenvalue weighted by Gasteiger charge is 2.05. The van der Waals surface area contributed by atoms with Gasteiger partial charge in [-0.15, -0.1) is 0 Å². The molecule has 2 nitrogen and oxygen atoms in total. The maximum absolute atomic E-state index is 13.4. The van der Waals surface area contributed by atoms with E-state index < -0.39 is 0 Å². The number of hydrogen-bond acceptors (Lipinski definition) is 2. The molecule has 0 heterocycles. The molecule has 0 fully saturated rings. The van der Waals surface area contributed by atoms with Crippen molar-refractivity contribution in [3.63, 3.8) is 0 Å². The summed E-state index contributed by atoms with van der Waals surface area (Å²) < 4.78 is 18.9. The second-order valence-electron chi connectivity index (χ2n) is 4.67. The molecule has 0 aliphatic rings. The highest BCUT2D eigenvalue weighted by molar-refractivity contribution is 6.31. The summed E-state index contributed by atoms with van der Waals surface area (Å²) in [6.07, 6.45) is 1.07. The zero-order valence-corrected chi connectivity index (χ0v) is 11.8. The normalized spacial score (nSPS) is 11.2. The molecule has 0 amide bonds. The van der Waals surface area contributed by atoms with Crippen molar-refractivity contribution in [2.45, 2.75) is 26.8 Å². The summed E-state index contributed by atoms with van der Waals surface area (Å²) in [6, 6.07) is 4.72. The van der Waals surface area contributed by atoms with Gasteiger partial charge in [0.1, 0.15) is 5.82 Å². The highest BCUT2D eigenvalue weighted by atomic mass is 35.5. The quantitative estimate of drug-likeness (QED) is 0.731. The molecule has 1 N–H and O–H groups in total. The third kappa shape index (κ3) is 5.80. The zero-order valence-electron chi connectivity index (χ0n) is 11.0. The van der Waals surface area contributed by atoms with Crippen LogP contribution in [0.3, 0.4) is 0 Å². The molecule has 0 aromatic heterocycles. The van der Waals surface area contributed by atoms with Gasteiger partial charge >= 0.3 is 0 Å². The summed E-state index contributed by atoms with van der Waals surface area (Å²) in [4.78, 5) is 0. The highest BCUT2D eigenvalue weighted by Crippen LogP contribution is 2.18. The van der Waals surface area contributed by atoms with E-state index in [1.807, 2.05) is 0 Å². The summed E-state index contributed by atoms with van der Waals surface area (Å²) in [5.74, 6) is 0.394. The summed E-state index contributed by atoms with van der Waals surface area (Å²) in [7, 11) is 0. The van der Waals surface area contributed by atoms with Crippen LogP contribution in [0.15, 0.2) is 18.2 Å². The first-order valence-corrected chi connectivity index (χ1v) is 6.70. The average Bonchev–Trinajstić information content (AvgIpc) is 2.30. The predicted molar refractivity (Wildman–Crippen MR) is 73.4 cm³/mol. The third-order valence-electron chi connectivity index (χ3n) is 2.63. The van der Waals surface area contributed by atoms with E-state index >= 15 is 0 Å². The molecule has 0 saturated heterocycles. The van der Waals surface area contributed by atoms with Gasteiger partial charge in [-0.3, -0.25) is 0 Å². The second kappa shape index (κ2) is 8.46. The topological polar surface area (TPSA) is 21.3 Å². The van der Waals surface area contributed by atoms with Gasteiger partial charge in [0, 0.05) is 30.3 Å². The van der Waals surface area contributed by atoms with Crippen molar-refractivity contribution in [2.75, 3.05) is 19.8 Å². The van der Waals surface area contributed by atoms with Gasteiger partial charge in [-0.05, 0) is 24.5 Å². The van der Waals surface area contributed by atoms with Crippen molar-refractivity contribution in [3.8, 4) is 0 Å². The van der Waals surface area contributed by atoms with Crippen LogP contribution in [-0.4, -0.2) is 19.8 Å². The summed E-state index contributed by atoms with van der Waals surface area (Å²) in [5.41, 5.74) is 0.515. The van der Waals surface area contributed by atoms with E-state index in [9.17, 15) is 4.39 Å². The SMILES string of the molecule is CC(C)CCOCCNCc1c(F)cccc1Cl. The molecule has 0 bridgehead atoms. The summed E-state index contributed by atoms with van der Waals surface area (Å²) in [5, 5.41) is 3.58. The van der Waals surface area contributed by atoms with Crippen molar-refractivity contribution in [1.29, 1.82) is 0 Å². The lowest BCUT2D eigenvalue weighted by Gasteiger charge is -2.09. The maximum atomic E-state index is 13.4. The fourth-order valence-corrected chi connectivity index (χ4v) is 1.71. The fourth-order valence-electron chi connectivity index (χ4n) is 1.48. The Labute approximate surface area is 113 Å². The number of hydrogen-bond donors (Lipinski definition) is 1. The van der Waals surface area contributed by atoms with Gasteiger partial charge in [0.15, 0.2) is 0 Å². The third-order valence-corrected chi connectivity index (χ3v) is 2.98. The van der Waals surface area contributed by atoms with Gasteiger partial charge in [-0.25, -0.2) is 4.39 Å². The molecule has 18 heavy (non-hydrogen) atoms. The monoisotopic (exact) mass is 273 g/mol. The van der Waals surface area contributed by atoms with E-state index in [0.717, 1.165) is 13.0 Å². The molecule has 0 radical (unpaired) electrons. The first kappa shape index (κ1) is 15.4. The van der Waals surface area contributed by atoms with Gasteiger partial charge in [-0.2, -0.15) is 0 Å². The van der Waals surface area contributed by atoms with Gasteiger partial charge < -0.3 is 10.1 Å². The molecule has 0 unspecified atom stereocenters. The van der Waals surface area contributed by atoms with E-state index in [4.69, 9.17) is 16.3 Å². The van der Waals surface area contributed by atoms with E-state index in [1.165, 1.54) is 6.07 Å². The van der Waals surface area contributed by atoms with Crippen molar-refractivity contribution < 1.29 is 9.13 Å². The van der Waals surface area contributed by atoms with Crippen LogP contribution < -0.4 is 5.32 Å². The van der Waals surface area contributed by atoms with E-state index in [-0.39, 0.29) is 5.82 Å². The van der Waals surface area contributed by atoms with Crippen LogP contribution in [0.4, 0.5) is 4.39 Å². The van der Waals surface area contributed by atoms with Gasteiger partial charge in [0.05, 0.1) is 6.61 Å². The molecule has 1 aromatic carbocycles. The minimum atomic E-state index is -0.268. The number of halogens is 2. The molecule has 102 valence electrons. The lowest BCUT2D eigenvalue weighted by Crippen LogP contribution is -2.20. The molecule has 0 aliphatic heterocycles. The number of ether oxygens (including phenoxy) is 1. The first-order valence-electron chi connectivity index (χ1n) is 6.32. The minimum Gasteiger partial charge on any atom is -0.380 e. The van der Waals surface area contributed by atoms with Crippen LogP contribution in [0.25, 0.3) is 0 Å². The Hall–Kier alpha value is -0.640. The smallest absolute Gasteiger partial charge is 0.129 e. The number of rotatable bonds is 8. The molecule has 0 spiro atoms. The molecule has 0 saturated carbocycles. The fraction of sp³-hybridized carbons (Fsp3) is 0.571. The zero-order chi connectivity index (χ0) is 13.4. The van der Waals surface area contributed by atoms with Crippen molar-refractivity contribution in [1.82, 2.24) is 5.32 Å². The van der Waals surface area contributed by atoms with E-state index in [1.54, 1.807) is 12.1 Å². The van der Waals surface area contributed by atoms with Crippen LogP contribution in [0.2, 0.25) is 5.02 Å². The average molecular weight is 274 g/mol. The molecule has 4 heteroatoms. The van der Waals surface area contributed by atoms with Crippen LogP contribution in [0, 0.1) is 11.7 Å². The number of benzene rings is 1. The van der Waals surface area contributed by atoms with Gasteiger partial charge in [0.25, 0.3) is 0 Å². The number of nitrogens with one attached hydrogen (secondary N) is 1. The van der Waals surface area contributed by atoms with Crippen molar-refractivity contribution in [3.05, 3.63) is 34.6 Å². The minimum absolute atomic E-state index is 0.268. The lowest BCUT2D eigenvalue weighted by molar-refractivity contribution is 0.125. The van der Waals surface area contributed by atoms with Crippen LogP contribution in [-0.2, 0) is 11.3 Å². The summed E-state index contributed by atoms with van der Waals surface area (Å²) in [6.45, 7) is 6.88. The standard InChI is InChI=1S/C14H21ClFNO/c1-11(2)6-8-18-9-7-17-10-12-13(15)4-3-5-14(12)16/h3-5,11,17H,6-10H2,1-2H3. The molecular weight excluding hydrogens is 253 g/mol. The first-order chi connectivity index (χ1) is 8.61. The summed E-state index contributed by atoms with van der Waals surface area (Å²) >= 11 is 5.92. The van der Waals surface area contributed by atoms with Gasteiger partial charge in [-0.1, -0.05) is 31.5 Å². The maximum Gasteiger partial charge on any atom is 0.129 e. The predicted octanol–water partition coefficient (Wildman–Crippen LogP) is 3.63. The molecule has 0 atom stereocenters. The Kier molecular flexibility index (Phi) is 7.25. The Bertz CT molecular complexity index is 337. The van der Waals surface area contributed by atoms with E-state index in [0.29, 0.717) is 36.2 Å². The van der Waals surface area contributed by atoms with Crippen molar-refractivity contribution >= 4 is 11.6 Å². The molecule has 0 aliphatic carbocycles. The van der Waals surface area contributed by atoms with Crippen molar-refractivity contribution in [2.24, 2.45) is 5.92 Å².